The minimum atomic E-state index is -0.246. The zero-order valence-corrected chi connectivity index (χ0v) is 15.4. The van der Waals surface area contributed by atoms with Crippen molar-refractivity contribution < 1.29 is 14.3 Å². The number of rotatable bonds is 7. The second-order valence-corrected chi connectivity index (χ2v) is 5.98. The van der Waals surface area contributed by atoms with Gasteiger partial charge in [0.25, 0.3) is 0 Å². The summed E-state index contributed by atoms with van der Waals surface area (Å²) in [7, 11) is 3.20. The van der Waals surface area contributed by atoms with Crippen molar-refractivity contribution in [1.29, 1.82) is 0 Å². The lowest BCUT2D eigenvalue weighted by Crippen LogP contribution is -2.38. The van der Waals surface area contributed by atoms with Gasteiger partial charge < -0.3 is 20.1 Å². The van der Waals surface area contributed by atoms with Crippen LogP contribution in [0.15, 0.2) is 42.5 Å². The molecule has 0 saturated heterocycles. The molecule has 0 aliphatic carbocycles. The van der Waals surface area contributed by atoms with E-state index in [-0.39, 0.29) is 12.1 Å². The van der Waals surface area contributed by atoms with Gasteiger partial charge in [0, 0.05) is 17.1 Å². The number of ether oxygens (including phenoxy) is 2. The van der Waals surface area contributed by atoms with Crippen LogP contribution in [0.3, 0.4) is 0 Å². The van der Waals surface area contributed by atoms with E-state index < -0.39 is 0 Å². The Morgan fingerprint density at radius 1 is 1.16 bits per heavy atom. The second kappa shape index (κ2) is 9.18. The SMILES string of the molecule is COc1ccc(OC)c(C(C)NC(=O)NCCc2ccccc2Cl)c1. The van der Waals surface area contributed by atoms with Crippen LogP contribution in [0.2, 0.25) is 5.02 Å². The molecule has 2 aromatic rings. The fraction of sp³-hybridized carbons (Fsp3) is 0.316. The number of nitrogens with one attached hydrogen (secondary N) is 2. The zero-order valence-electron chi connectivity index (χ0n) is 14.6. The molecular weight excluding hydrogens is 340 g/mol. The summed E-state index contributed by atoms with van der Waals surface area (Å²) >= 11 is 6.11. The molecule has 5 nitrogen and oxygen atoms in total. The molecule has 2 rings (SSSR count). The van der Waals surface area contributed by atoms with E-state index in [2.05, 4.69) is 10.6 Å². The number of urea groups is 1. The van der Waals surface area contributed by atoms with E-state index in [1.807, 2.05) is 49.4 Å². The molecule has 0 spiro atoms. The number of benzene rings is 2. The van der Waals surface area contributed by atoms with Crippen LogP contribution in [-0.4, -0.2) is 26.8 Å². The molecule has 1 unspecified atom stereocenters. The van der Waals surface area contributed by atoms with Gasteiger partial charge >= 0.3 is 6.03 Å². The van der Waals surface area contributed by atoms with Gasteiger partial charge in [-0.05, 0) is 43.2 Å². The third kappa shape index (κ3) is 5.29. The van der Waals surface area contributed by atoms with Crippen molar-refractivity contribution in [2.45, 2.75) is 19.4 Å². The zero-order chi connectivity index (χ0) is 18.2. The molecule has 0 bridgehead atoms. The predicted molar refractivity (Wildman–Crippen MR) is 99.7 cm³/mol. The molecule has 0 saturated carbocycles. The predicted octanol–water partition coefficient (Wildman–Crippen LogP) is 3.96. The number of carbonyl (C=O) groups excluding carboxylic acids is 1. The molecule has 0 aliphatic heterocycles. The number of hydrogen-bond donors (Lipinski definition) is 2. The maximum Gasteiger partial charge on any atom is 0.315 e. The van der Waals surface area contributed by atoms with Crippen LogP contribution >= 0.6 is 11.6 Å². The Kier molecular flexibility index (Phi) is 6.95. The Bertz CT molecular complexity index is 722. The van der Waals surface area contributed by atoms with E-state index >= 15 is 0 Å². The largest absolute Gasteiger partial charge is 0.497 e. The third-order valence-electron chi connectivity index (χ3n) is 3.89. The fourth-order valence-electron chi connectivity index (χ4n) is 2.52. The number of halogens is 1. The molecule has 0 aromatic heterocycles. The van der Waals surface area contributed by atoms with Crippen LogP contribution in [0.5, 0.6) is 11.5 Å². The summed E-state index contributed by atoms with van der Waals surface area (Å²) in [4.78, 5) is 12.1. The van der Waals surface area contributed by atoms with Gasteiger partial charge in [0.1, 0.15) is 11.5 Å². The average Bonchev–Trinajstić information content (AvgIpc) is 2.62. The minimum Gasteiger partial charge on any atom is -0.497 e. The highest BCUT2D eigenvalue weighted by molar-refractivity contribution is 6.31. The van der Waals surface area contributed by atoms with Crippen molar-refractivity contribution in [2.75, 3.05) is 20.8 Å². The molecule has 2 amide bonds. The maximum atomic E-state index is 12.1. The summed E-state index contributed by atoms with van der Waals surface area (Å²) < 4.78 is 10.6. The first-order chi connectivity index (χ1) is 12.0. The Morgan fingerprint density at radius 3 is 2.60 bits per heavy atom. The lowest BCUT2D eigenvalue weighted by molar-refractivity contribution is 0.238. The van der Waals surface area contributed by atoms with E-state index in [9.17, 15) is 4.79 Å². The first-order valence-corrected chi connectivity index (χ1v) is 8.42. The Hall–Kier alpha value is -2.40. The van der Waals surface area contributed by atoms with Crippen LogP contribution in [0.1, 0.15) is 24.1 Å². The highest BCUT2D eigenvalue weighted by Crippen LogP contribution is 2.29. The standard InChI is InChI=1S/C19H23ClN2O3/c1-13(16-12-15(24-2)8-9-18(16)25-3)22-19(23)21-11-10-14-6-4-5-7-17(14)20/h4-9,12-13H,10-11H2,1-3H3,(H2,21,22,23). The van der Waals surface area contributed by atoms with E-state index in [4.69, 9.17) is 21.1 Å². The summed E-state index contributed by atoms with van der Waals surface area (Å²) in [6.07, 6.45) is 0.671. The van der Waals surface area contributed by atoms with Crippen molar-refractivity contribution in [3.8, 4) is 11.5 Å². The van der Waals surface area contributed by atoms with Gasteiger partial charge in [-0.2, -0.15) is 0 Å². The van der Waals surface area contributed by atoms with Crippen molar-refractivity contribution in [3.63, 3.8) is 0 Å². The highest BCUT2D eigenvalue weighted by Gasteiger charge is 2.15. The molecule has 6 heteroatoms. The van der Waals surface area contributed by atoms with Gasteiger partial charge in [0.2, 0.25) is 0 Å². The Balaban J connectivity index is 1.91. The molecule has 0 fully saturated rings. The smallest absolute Gasteiger partial charge is 0.315 e. The summed E-state index contributed by atoms with van der Waals surface area (Å²) in [5.74, 6) is 1.41. The number of carbonyl (C=O) groups is 1. The van der Waals surface area contributed by atoms with Gasteiger partial charge in [-0.3, -0.25) is 0 Å². The first kappa shape index (κ1) is 18.9. The van der Waals surface area contributed by atoms with Gasteiger partial charge in [0.15, 0.2) is 0 Å². The van der Waals surface area contributed by atoms with Crippen LogP contribution in [0.4, 0.5) is 4.79 Å². The minimum absolute atomic E-state index is 0.231. The van der Waals surface area contributed by atoms with Gasteiger partial charge in [-0.25, -0.2) is 4.79 Å². The molecule has 134 valence electrons. The lowest BCUT2D eigenvalue weighted by atomic mass is 10.1. The van der Waals surface area contributed by atoms with Crippen LogP contribution in [0, 0.1) is 0 Å². The number of amides is 2. The molecule has 0 aliphatic rings. The topological polar surface area (TPSA) is 59.6 Å². The van der Waals surface area contributed by atoms with Crippen molar-refractivity contribution in [1.82, 2.24) is 10.6 Å². The van der Waals surface area contributed by atoms with Crippen molar-refractivity contribution in [3.05, 3.63) is 58.6 Å². The lowest BCUT2D eigenvalue weighted by Gasteiger charge is -2.18. The van der Waals surface area contributed by atoms with Crippen LogP contribution < -0.4 is 20.1 Å². The van der Waals surface area contributed by atoms with E-state index in [0.717, 1.165) is 11.1 Å². The summed E-state index contributed by atoms with van der Waals surface area (Å²) in [6.45, 7) is 2.39. The molecule has 25 heavy (non-hydrogen) atoms. The first-order valence-electron chi connectivity index (χ1n) is 8.05. The Labute approximate surface area is 153 Å². The molecule has 0 heterocycles. The average molecular weight is 363 g/mol. The van der Waals surface area contributed by atoms with Gasteiger partial charge in [0.05, 0.1) is 20.3 Å². The molecule has 0 radical (unpaired) electrons. The third-order valence-corrected chi connectivity index (χ3v) is 4.26. The molecule has 2 aromatic carbocycles. The summed E-state index contributed by atoms with van der Waals surface area (Å²) in [6, 6.07) is 12.6. The maximum absolute atomic E-state index is 12.1. The van der Waals surface area contributed by atoms with E-state index in [1.165, 1.54) is 0 Å². The Morgan fingerprint density at radius 2 is 1.92 bits per heavy atom. The molecular formula is C19H23ClN2O3. The number of hydrogen-bond acceptors (Lipinski definition) is 3. The summed E-state index contributed by atoms with van der Waals surface area (Å²) in [5, 5.41) is 6.46. The van der Waals surface area contributed by atoms with E-state index in [0.29, 0.717) is 29.5 Å². The van der Waals surface area contributed by atoms with E-state index in [1.54, 1.807) is 14.2 Å². The molecule has 1 atom stereocenters. The second-order valence-electron chi connectivity index (χ2n) is 5.57. The van der Waals surface area contributed by atoms with Crippen molar-refractivity contribution >= 4 is 17.6 Å². The van der Waals surface area contributed by atoms with Gasteiger partial charge in [-0.15, -0.1) is 0 Å². The quantitative estimate of drug-likeness (QED) is 0.783. The highest BCUT2D eigenvalue weighted by atomic mass is 35.5. The monoisotopic (exact) mass is 362 g/mol. The van der Waals surface area contributed by atoms with Crippen LogP contribution in [-0.2, 0) is 6.42 Å². The number of methoxy groups -OCH3 is 2. The summed E-state index contributed by atoms with van der Waals surface area (Å²) in [5.41, 5.74) is 1.86. The normalized spacial score (nSPS) is 11.5. The van der Waals surface area contributed by atoms with Crippen molar-refractivity contribution in [2.24, 2.45) is 0 Å². The van der Waals surface area contributed by atoms with Gasteiger partial charge in [-0.1, -0.05) is 29.8 Å². The molecule has 2 N–H and O–H groups in total. The van der Waals surface area contributed by atoms with Crippen LogP contribution in [0.25, 0.3) is 0 Å². The fourth-order valence-corrected chi connectivity index (χ4v) is 2.75.